The van der Waals surface area contributed by atoms with E-state index in [2.05, 4.69) is 16.7 Å². The molecule has 114 valence electrons. The lowest BCUT2D eigenvalue weighted by Crippen LogP contribution is -2.27. The zero-order valence-corrected chi connectivity index (χ0v) is 13.2. The fraction of sp³-hybridized carbons (Fsp3) is 0.471. The number of ether oxygens (including phenoxy) is 2. The normalized spacial score (nSPS) is 11.5. The number of hydrogen-bond acceptors (Lipinski definition) is 4. The Morgan fingerprint density at radius 1 is 1.33 bits per heavy atom. The Kier molecular flexibility index (Phi) is 7.34. The van der Waals surface area contributed by atoms with Crippen molar-refractivity contribution in [2.24, 2.45) is 0 Å². The Morgan fingerprint density at radius 2 is 2.00 bits per heavy atom. The molecule has 0 saturated carbocycles. The maximum atomic E-state index is 11.8. The van der Waals surface area contributed by atoms with E-state index in [1.165, 1.54) is 0 Å². The molecule has 4 heteroatoms. The predicted octanol–water partition coefficient (Wildman–Crippen LogP) is 2.64. The van der Waals surface area contributed by atoms with E-state index >= 15 is 0 Å². The standard InChI is InChI=1S/C17H23NO3/c1-5-7-12-18(3)16(13-17(19)21-6-2)14-8-10-15(20-4)11-9-14/h8-11,16H,6,12-13H2,1-4H3. The van der Waals surface area contributed by atoms with E-state index in [0.29, 0.717) is 19.6 Å². The van der Waals surface area contributed by atoms with Crippen LogP contribution in [0.25, 0.3) is 0 Å². The second-order valence-corrected chi connectivity index (χ2v) is 4.64. The zero-order valence-electron chi connectivity index (χ0n) is 13.2. The summed E-state index contributed by atoms with van der Waals surface area (Å²) in [5.74, 6) is 6.50. The molecule has 0 aliphatic carbocycles. The SMILES string of the molecule is CC#CCN(C)C(CC(=O)OCC)c1ccc(OC)cc1. The van der Waals surface area contributed by atoms with Crippen LogP contribution in [0, 0.1) is 11.8 Å². The van der Waals surface area contributed by atoms with Crippen molar-refractivity contribution in [3.63, 3.8) is 0 Å². The summed E-state index contributed by atoms with van der Waals surface area (Å²) in [7, 11) is 3.59. The Balaban J connectivity index is 2.91. The van der Waals surface area contributed by atoms with Crippen LogP contribution in [0.1, 0.15) is 31.9 Å². The van der Waals surface area contributed by atoms with Crippen molar-refractivity contribution < 1.29 is 14.3 Å². The fourth-order valence-electron chi connectivity index (χ4n) is 2.05. The molecule has 1 aromatic carbocycles. The van der Waals surface area contributed by atoms with Crippen molar-refractivity contribution in [3.05, 3.63) is 29.8 Å². The van der Waals surface area contributed by atoms with Crippen molar-refractivity contribution in [2.45, 2.75) is 26.3 Å². The summed E-state index contributed by atoms with van der Waals surface area (Å²) < 4.78 is 10.2. The molecule has 0 heterocycles. The van der Waals surface area contributed by atoms with Crippen LogP contribution in [0.4, 0.5) is 0 Å². The van der Waals surface area contributed by atoms with Gasteiger partial charge < -0.3 is 9.47 Å². The van der Waals surface area contributed by atoms with E-state index in [1.54, 1.807) is 7.11 Å². The molecule has 21 heavy (non-hydrogen) atoms. The van der Waals surface area contributed by atoms with Gasteiger partial charge >= 0.3 is 5.97 Å². The summed E-state index contributed by atoms with van der Waals surface area (Å²) in [6.07, 6.45) is 0.308. The first-order chi connectivity index (χ1) is 10.1. The van der Waals surface area contributed by atoms with Crippen molar-refractivity contribution in [3.8, 4) is 17.6 Å². The zero-order chi connectivity index (χ0) is 15.7. The summed E-state index contributed by atoms with van der Waals surface area (Å²) in [5, 5.41) is 0. The van der Waals surface area contributed by atoms with Gasteiger partial charge in [-0.2, -0.15) is 0 Å². The molecule has 1 unspecified atom stereocenters. The predicted molar refractivity (Wildman–Crippen MR) is 83.1 cm³/mol. The maximum absolute atomic E-state index is 11.8. The van der Waals surface area contributed by atoms with E-state index in [9.17, 15) is 4.79 Å². The number of benzene rings is 1. The highest BCUT2D eigenvalue weighted by molar-refractivity contribution is 5.70. The molecule has 0 fully saturated rings. The van der Waals surface area contributed by atoms with Gasteiger partial charge in [-0.05, 0) is 38.6 Å². The van der Waals surface area contributed by atoms with Gasteiger partial charge in [0.15, 0.2) is 0 Å². The van der Waals surface area contributed by atoms with Crippen molar-refractivity contribution in [1.29, 1.82) is 0 Å². The lowest BCUT2D eigenvalue weighted by Gasteiger charge is -2.26. The molecular formula is C17H23NO3. The van der Waals surface area contributed by atoms with Crippen LogP contribution in [0.3, 0.4) is 0 Å². The van der Waals surface area contributed by atoms with E-state index in [1.807, 2.05) is 45.2 Å². The number of hydrogen-bond donors (Lipinski definition) is 0. The van der Waals surface area contributed by atoms with Gasteiger partial charge in [-0.1, -0.05) is 18.1 Å². The molecule has 0 saturated heterocycles. The minimum absolute atomic E-state index is 0.0594. The van der Waals surface area contributed by atoms with Crippen molar-refractivity contribution in [1.82, 2.24) is 4.90 Å². The average Bonchev–Trinajstić information content (AvgIpc) is 2.50. The van der Waals surface area contributed by atoms with Gasteiger partial charge in [-0.25, -0.2) is 0 Å². The Morgan fingerprint density at radius 3 is 2.52 bits per heavy atom. The lowest BCUT2D eigenvalue weighted by molar-refractivity contribution is -0.144. The third kappa shape index (κ3) is 5.49. The van der Waals surface area contributed by atoms with Crippen LogP contribution in [0.15, 0.2) is 24.3 Å². The van der Waals surface area contributed by atoms with Crippen LogP contribution >= 0.6 is 0 Å². The lowest BCUT2D eigenvalue weighted by atomic mass is 10.0. The van der Waals surface area contributed by atoms with E-state index in [4.69, 9.17) is 9.47 Å². The summed E-state index contributed by atoms with van der Waals surface area (Å²) in [4.78, 5) is 13.9. The molecule has 1 aromatic rings. The van der Waals surface area contributed by atoms with Gasteiger partial charge in [-0.3, -0.25) is 9.69 Å². The first kappa shape index (κ1) is 17.1. The third-order valence-corrected chi connectivity index (χ3v) is 3.20. The summed E-state index contributed by atoms with van der Waals surface area (Å²) >= 11 is 0. The highest BCUT2D eigenvalue weighted by Gasteiger charge is 2.21. The topological polar surface area (TPSA) is 38.8 Å². The van der Waals surface area contributed by atoms with Crippen molar-refractivity contribution >= 4 is 5.97 Å². The van der Waals surface area contributed by atoms with Crippen LogP contribution in [-0.4, -0.2) is 38.2 Å². The van der Waals surface area contributed by atoms with Crippen LogP contribution in [0.5, 0.6) is 5.75 Å². The number of esters is 1. The van der Waals surface area contributed by atoms with Crippen LogP contribution in [-0.2, 0) is 9.53 Å². The number of carbonyl (C=O) groups is 1. The molecule has 1 rings (SSSR count). The fourth-order valence-corrected chi connectivity index (χ4v) is 2.05. The van der Waals surface area contributed by atoms with Crippen molar-refractivity contribution in [2.75, 3.05) is 27.3 Å². The van der Waals surface area contributed by atoms with E-state index in [0.717, 1.165) is 11.3 Å². The van der Waals surface area contributed by atoms with Gasteiger partial charge in [0.2, 0.25) is 0 Å². The molecule has 0 radical (unpaired) electrons. The largest absolute Gasteiger partial charge is 0.497 e. The smallest absolute Gasteiger partial charge is 0.307 e. The minimum Gasteiger partial charge on any atom is -0.497 e. The molecular weight excluding hydrogens is 266 g/mol. The Hall–Kier alpha value is -1.99. The number of carbonyl (C=O) groups excluding carboxylic acids is 1. The van der Waals surface area contributed by atoms with Gasteiger partial charge in [0, 0.05) is 6.04 Å². The number of nitrogens with zero attached hydrogens (tertiary/aromatic N) is 1. The second kappa shape index (κ2) is 9.04. The molecule has 0 aliphatic rings. The highest BCUT2D eigenvalue weighted by Crippen LogP contribution is 2.25. The second-order valence-electron chi connectivity index (χ2n) is 4.64. The van der Waals surface area contributed by atoms with Gasteiger partial charge in [-0.15, -0.1) is 5.92 Å². The quantitative estimate of drug-likeness (QED) is 0.571. The molecule has 0 amide bonds. The monoisotopic (exact) mass is 289 g/mol. The Labute approximate surface area is 127 Å². The minimum atomic E-state index is -0.199. The molecule has 0 bridgehead atoms. The summed E-state index contributed by atoms with van der Waals surface area (Å²) in [6, 6.07) is 7.67. The Bertz CT molecular complexity index is 499. The van der Waals surface area contributed by atoms with Gasteiger partial charge in [0.25, 0.3) is 0 Å². The number of methoxy groups -OCH3 is 1. The molecule has 0 spiro atoms. The van der Waals surface area contributed by atoms with E-state index < -0.39 is 0 Å². The number of rotatable bonds is 7. The van der Waals surface area contributed by atoms with E-state index in [-0.39, 0.29) is 12.0 Å². The summed E-state index contributed by atoms with van der Waals surface area (Å²) in [6.45, 7) is 4.62. The average molecular weight is 289 g/mol. The first-order valence-corrected chi connectivity index (χ1v) is 7.01. The maximum Gasteiger partial charge on any atom is 0.307 e. The van der Waals surface area contributed by atoms with Gasteiger partial charge in [0.1, 0.15) is 5.75 Å². The van der Waals surface area contributed by atoms with Crippen LogP contribution < -0.4 is 4.74 Å². The molecule has 4 nitrogen and oxygen atoms in total. The molecule has 0 aromatic heterocycles. The highest BCUT2D eigenvalue weighted by atomic mass is 16.5. The summed E-state index contributed by atoms with van der Waals surface area (Å²) in [5.41, 5.74) is 1.05. The molecule has 0 N–H and O–H groups in total. The van der Waals surface area contributed by atoms with Gasteiger partial charge in [0.05, 0.1) is 26.7 Å². The molecule has 1 atom stereocenters. The third-order valence-electron chi connectivity index (χ3n) is 3.20. The molecule has 0 aliphatic heterocycles. The van der Waals surface area contributed by atoms with Crippen LogP contribution in [0.2, 0.25) is 0 Å². The first-order valence-electron chi connectivity index (χ1n) is 7.01.